The lowest BCUT2D eigenvalue weighted by Crippen LogP contribution is -2.52. The summed E-state index contributed by atoms with van der Waals surface area (Å²) >= 11 is 6.04. The van der Waals surface area contributed by atoms with E-state index in [1.165, 1.54) is 24.1 Å². The average Bonchev–Trinajstić information content (AvgIpc) is 2.90. The summed E-state index contributed by atoms with van der Waals surface area (Å²) in [6, 6.07) is 21.6. The minimum absolute atomic E-state index is 0.0648. The summed E-state index contributed by atoms with van der Waals surface area (Å²) in [6.45, 7) is 3.47. The standard InChI is InChI=1S/C28H32ClN3O4S/c1-4-26(28(34)30-3)31(19-18-22-8-6-5-7-9-22)27(33)20-32(24-14-12-23(29)13-15-24)37(35,36)25-16-10-21(2)11-17-25/h5-17,26H,4,18-20H2,1-3H3,(H,30,34)/t26-/m1/s1. The number of likely N-dealkylation sites (N-methyl/N-ethyl adjacent to an activating group) is 1. The molecule has 9 heteroatoms. The molecule has 3 rings (SSSR count). The van der Waals surface area contributed by atoms with Gasteiger partial charge in [0.2, 0.25) is 11.8 Å². The molecule has 7 nitrogen and oxygen atoms in total. The number of aryl methyl sites for hydroxylation is 1. The second-order valence-corrected chi connectivity index (χ2v) is 11.0. The fraction of sp³-hybridized carbons (Fsp3) is 0.286. The minimum atomic E-state index is -4.10. The second-order valence-electron chi connectivity index (χ2n) is 8.66. The number of benzene rings is 3. The number of rotatable bonds is 11. The maximum Gasteiger partial charge on any atom is 0.264 e. The molecule has 1 atom stereocenters. The molecule has 0 aliphatic carbocycles. The van der Waals surface area contributed by atoms with Crippen LogP contribution in [-0.2, 0) is 26.0 Å². The van der Waals surface area contributed by atoms with Crippen molar-refractivity contribution in [2.75, 3.05) is 24.4 Å². The van der Waals surface area contributed by atoms with Gasteiger partial charge in [-0.3, -0.25) is 13.9 Å². The van der Waals surface area contributed by atoms with Crippen molar-refractivity contribution in [3.63, 3.8) is 0 Å². The molecule has 0 aliphatic rings. The summed E-state index contributed by atoms with van der Waals surface area (Å²) in [5, 5.41) is 3.07. The van der Waals surface area contributed by atoms with Gasteiger partial charge in [-0.05, 0) is 61.7 Å². The lowest BCUT2D eigenvalue weighted by atomic mass is 10.1. The zero-order valence-electron chi connectivity index (χ0n) is 21.2. The molecule has 0 spiro atoms. The van der Waals surface area contributed by atoms with E-state index in [0.717, 1.165) is 15.4 Å². The van der Waals surface area contributed by atoms with Crippen LogP contribution in [0.25, 0.3) is 0 Å². The Labute approximate surface area is 224 Å². The minimum Gasteiger partial charge on any atom is -0.357 e. The molecule has 0 radical (unpaired) electrons. The van der Waals surface area contributed by atoms with Gasteiger partial charge in [-0.15, -0.1) is 0 Å². The number of amides is 2. The number of anilines is 1. The van der Waals surface area contributed by atoms with Gasteiger partial charge in [0.05, 0.1) is 10.6 Å². The Morgan fingerprint density at radius 3 is 2.14 bits per heavy atom. The lowest BCUT2D eigenvalue weighted by Gasteiger charge is -2.33. The van der Waals surface area contributed by atoms with Gasteiger partial charge in [0.1, 0.15) is 12.6 Å². The van der Waals surface area contributed by atoms with Crippen molar-refractivity contribution in [2.45, 2.75) is 37.6 Å². The van der Waals surface area contributed by atoms with E-state index in [4.69, 9.17) is 11.6 Å². The first-order valence-electron chi connectivity index (χ1n) is 12.1. The van der Waals surface area contributed by atoms with Gasteiger partial charge in [-0.2, -0.15) is 0 Å². The van der Waals surface area contributed by atoms with Crippen molar-refractivity contribution < 1.29 is 18.0 Å². The fourth-order valence-electron chi connectivity index (χ4n) is 4.04. The van der Waals surface area contributed by atoms with Crippen LogP contribution in [0.1, 0.15) is 24.5 Å². The van der Waals surface area contributed by atoms with E-state index in [0.29, 0.717) is 23.6 Å². The van der Waals surface area contributed by atoms with Crippen LogP contribution in [0.5, 0.6) is 0 Å². The Kier molecular flexibility index (Phi) is 9.72. The van der Waals surface area contributed by atoms with Gasteiger partial charge < -0.3 is 10.2 Å². The third kappa shape index (κ3) is 7.11. The van der Waals surface area contributed by atoms with Crippen molar-refractivity contribution in [2.24, 2.45) is 0 Å². The highest BCUT2D eigenvalue weighted by atomic mass is 35.5. The van der Waals surface area contributed by atoms with E-state index >= 15 is 0 Å². The summed E-state index contributed by atoms with van der Waals surface area (Å²) in [5.41, 5.74) is 2.22. The van der Waals surface area contributed by atoms with Crippen LogP contribution >= 0.6 is 11.6 Å². The van der Waals surface area contributed by atoms with Gasteiger partial charge >= 0.3 is 0 Å². The van der Waals surface area contributed by atoms with Crippen LogP contribution < -0.4 is 9.62 Å². The number of nitrogens with one attached hydrogen (secondary N) is 1. The van der Waals surface area contributed by atoms with Crippen molar-refractivity contribution in [1.29, 1.82) is 0 Å². The second kappa shape index (κ2) is 12.7. The summed E-state index contributed by atoms with van der Waals surface area (Å²) in [4.78, 5) is 28.0. The maximum absolute atomic E-state index is 13.8. The quantitative estimate of drug-likeness (QED) is 0.389. The largest absolute Gasteiger partial charge is 0.357 e. The molecule has 0 fully saturated rings. The maximum atomic E-state index is 13.8. The highest BCUT2D eigenvalue weighted by Crippen LogP contribution is 2.26. The first kappa shape index (κ1) is 28.2. The monoisotopic (exact) mass is 541 g/mol. The molecular formula is C28H32ClN3O4S. The van der Waals surface area contributed by atoms with E-state index in [-0.39, 0.29) is 17.3 Å². The van der Waals surface area contributed by atoms with Gasteiger partial charge in [0.25, 0.3) is 10.0 Å². The summed E-state index contributed by atoms with van der Waals surface area (Å²) in [5.74, 6) is -0.777. The number of sulfonamides is 1. The van der Waals surface area contributed by atoms with Crippen LogP contribution in [-0.4, -0.2) is 51.3 Å². The highest BCUT2D eigenvalue weighted by Gasteiger charge is 2.33. The van der Waals surface area contributed by atoms with Crippen molar-refractivity contribution in [3.05, 3.63) is 95.0 Å². The predicted octanol–water partition coefficient (Wildman–Crippen LogP) is 4.44. The summed E-state index contributed by atoms with van der Waals surface area (Å²) < 4.78 is 28.5. The molecular weight excluding hydrogens is 510 g/mol. The normalized spacial score (nSPS) is 12.0. The third-order valence-electron chi connectivity index (χ3n) is 6.12. The van der Waals surface area contributed by atoms with E-state index in [2.05, 4.69) is 5.32 Å². The lowest BCUT2D eigenvalue weighted by molar-refractivity contribution is -0.139. The molecule has 0 saturated carbocycles. The van der Waals surface area contributed by atoms with Crippen LogP contribution in [0.3, 0.4) is 0 Å². The molecule has 2 amide bonds. The molecule has 196 valence electrons. The van der Waals surface area contributed by atoms with Crippen LogP contribution in [0, 0.1) is 6.92 Å². The Bertz CT molecular complexity index is 1300. The molecule has 0 unspecified atom stereocenters. The van der Waals surface area contributed by atoms with Crippen LogP contribution in [0.15, 0.2) is 83.8 Å². The predicted molar refractivity (Wildman–Crippen MR) is 147 cm³/mol. The number of nitrogens with zero attached hydrogens (tertiary/aromatic N) is 2. The molecule has 0 saturated heterocycles. The fourth-order valence-corrected chi connectivity index (χ4v) is 5.58. The van der Waals surface area contributed by atoms with Crippen molar-refractivity contribution >= 4 is 39.1 Å². The Balaban J connectivity index is 1.99. The average molecular weight is 542 g/mol. The number of hydrogen-bond donors (Lipinski definition) is 1. The third-order valence-corrected chi connectivity index (χ3v) is 8.16. The Hall–Kier alpha value is -3.36. The first-order valence-corrected chi connectivity index (χ1v) is 13.9. The molecule has 0 heterocycles. The molecule has 3 aromatic carbocycles. The SMILES string of the molecule is CC[C@H](C(=O)NC)N(CCc1ccccc1)C(=O)CN(c1ccc(Cl)cc1)S(=O)(=O)c1ccc(C)cc1. The molecule has 0 aromatic heterocycles. The van der Waals surface area contributed by atoms with E-state index in [1.54, 1.807) is 36.4 Å². The molecule has 3 aromatic rings. The van der Waals surface area contributed by atoms with Gasteiger partial charge in [-0.1, -0.05) is 66.6 Å². The number of halogens is 1. The highest BCUT2D eigenvalue weighted by molar-refractivity contribution is 7.92. The zero-order valence-corrected chi connectivity index (χ0v) is 22.8. The number of carbonyl (C=O) groups excluding carboxylic acids is 2. The van der Waals surface area contributed by atoms with Gasteiger partial charge in [-0.25, -0.2) is 8.42 Å². The first-order chi connectivity index (χ1) is 17.7. The van der Waals surface area contributed by atoms with E-state index in [1.807, 2.05) is 44.2 Å². The Morgan fingerprint density at radius 1 is 0.946 bits per heavy atom. The molecule has 0 bridgehead atoms. The summed E-state index contributed by atoms with van der Waals surface area (Å²) in [6.07, 6.45) is 0.900. The molecule has 0 aliphatic heterocycles. The van der Waals surface area contributed by atoms with Crippen molar-refractivity contribution in [3.8, 4) is 0 Å². The number of hydrogen-bond acceptors (Lipinski definition) is 4. The molecule has 37 heavy (non-hydrogen) atoms. The van der Waals surface area contributed by atoms with Crippen LogP contribution in [0.2, 0.25) is 5.02 Å². The topological polar surface area (TPSA) is 86.8 Å². The van der Waals surface area contributed by atoms with Crippen molar-refractivity contribution in [1.82, 2.24) is 10.2 Å². The summed E-state index contributed by atoms with van der Waals surface area (Å²) in [7, 11) is -2.57. The van der Waals surface area contributed by atoms with Gasteiger partial charge in [0.15, 0.2) is 0 Å². The smallest absolute Gasteiger partial charge is 0.264 e. The van der Waals surface area contributed by atoms with E-state index in [9.17, 15) is 18.0 Å². The zero-order chi connectivity index (χ0) is 27.0. The van der Waals surface area contributed by atoms with Gasteiger partial charge in [0, 0.05) is 18.6 Å². The van der Waals surface area contributed by atoms with E-state index < -0.39 is 28.5 Å². The number of carbonyl (C=O) groups is 2. The Morgan fingerprint density at radius 2 is 1.57 bits per heavy atom. The molecule has 1 N–H and O–H groups in total. The van der Waals surface area contributed by atoms with Crippen LogP contribution in [0.4, 0.5) is 5.69 Å².